The summed E-state index contributed by atoms with van der Waals surface area (Å²) < 4.78 is 29.7. The molecule has 8 heteroatoms. The van der Waals surface area contributed by atoms with Gasteiger partial charge in [-0.3, -0.25) is 9.20 Å². The Balaban J connectivity index is 1.97. The van der Waals surface area contributed by atoms with Crippen molar-refractivity contribution in [1.82, 2.24) is 14.1 Å². The monoisotopic (exact) mass is 369 g/mol. The molecule has 2 heterocycles. The Morgan fingerprint density at radius 3 is 2.46 bits per heavy atom. The first-order chi connectivity index (χ1) is 11.4. The van der Waals surface area contributed by atoms with E-state index in [4.69, 9.17) is 0 Å². The summed E-state index contributed by atoms with van der Waals surface area (Å²) >= 11 is 1.38. The summed E-state index contributed by atoms with van der Waals surface area (Å²) in [7, 11) is -3.87. The SMILES string of the molecule is Cc1cn2c(=O)c(S(=O)(=O)NC3CCCCCCC3)c(C)nc2s1. The minimum Gasteiger partial charge on any atom is -0.267 e. The molecule has 1 aliphatic carbocycles. The van der Waals surface area contributed by atoms with Crippen molar-refractivity contribution in [1.29, 1.82) is 0 Å². The lowest BCUT2D eigenvalue weighted by molar-refractivity contribution is 0.426. The van der Waals surface area contributed by atoms with Gasteiger partial charge in [-0.2, -0.15) is 0 Å². The highest BCUT2D eigenvalue weighted by Gasteiger charge is 2.27. The summed E-state index contributed by atoms with van der Waals surface area (Å²) in [6, 6.07) is -0.0981. The number of hydrogen-bond donors (Lipinski definition) is 1. The summed E-state index contributed by atoms with van der Waals surface area (Å²) in [5, 5.41) is 0. The number of nitrogens with zero attached hydrogens (tertiary/aromatic N) is 2. The van der Waals surface area contributed by atoms with E-state index < -0.39 is 15.6 Å². The minimum absolute atomic E-state index is 0.0981. The molecule has 1 saturated carbocycles. The van der Waals surface area contributed by atoms with Crippen molar-refractivity contribution in [3.05, 3.63) is 27.1 Å². The van der Waals surface area contributed by atoms with Crippen LogP contribution in [-0.2, 0) is 10.0 Å². The van der Waals surface area contributed by atoms with Crippen molar-refractivity contribution in [2.24, 2.45) is 0 Å². The number of thiazole rings is 1. The van der Waals surface area contributed by atoms with Gasteiger partial charge in [-0.1, -0.05) is 32.1 Å². The van der Waals surface area contributed by atoms with Crippen molar-refractivity contribution in [3.63, 3.8) is 0 Å². The van der Waals surface area contributed by atoms with E-state index in [0.29, 0.717) is 4.96 Å². The van der Waals surface area contributed by atoms with Gasteiger partial charge in [0.1, 0.15) is 0 Å². The Morgan fingerprint density at radius 2 is 1.79 bits per heavy atom. The maximum Gasteiger partial charge on any atom is 0.279 e. The summed E-state index contributed by atoms with van der Waals surface area (Å²) in [4.78, 5) is 18.2. The Bertz CT molecular complexity index is 891. The summed E-state index contributed by atoms with van der Waals surface area (Å²) in [5.74, 6) is 0. The fourth-order valence-corrected chi connectivity index (χ4v) is 5.72. The number of nitrogens with one attached hydrogen (secondary N) is 1. The fourth-order valence-electron chi connectivity index (χ4n) is 3.30. The van der Waals surface area contributed by atoms with Gasteiger partial charge in [0, 0.05) is 17.1 Å². The summed E-state index contributed by atoms with van der Waals surface area (Å²) in [6.07, 6.45) is 8.84. The van der Waals surface area contributed by atoms with Gasteiger partial charge in [-0.15, -0.1) is 11.3 Å². The number of aryl methyl sites for hydroxylation is 2. The van der Waals surface area contributed by atoms with Crippen LogP contribution in [-0.4, -0.2) is 23.8 Å². The number of aromatic nitrogens is 2. The second kappa shape index (κ2) is 6.93. The van der Waals surface area contributed by atoms with Gasteiger partial charge in [0.05, 0.1) is 5.69 Å². The largest absolute Gasteiger partial charge is 0.279 e. The second-order valence-electron chi connectivity index (χ2n) is 6.49. The van der Waals surface area contributed by atoms with Crippen LogP contribution in [0.3, 0.4) is 0 Å². The lowest BCUT2D eigenvalue weighted by atomic mass is 9.97. The van der Waals surface area contributed by atoms with Crippen LogP contribution in [0.15, 0.2) is 15.9 Å². The van der Waals surface area contributed by atoms with E-state index in [1.165, 1.54) is 22.2 Å². The number of fused-ring (bicyclic) bond motifs is 1. The topological polar surface area (TPSA) is 80.5 Å². The third-order valence-corrected chi connectivity index (χ3v) is 7.02. The third kappa shape index (κ3) is 3.55. The molecule has 0 aliphatic heterocycles. The molecule has 0 atom stereocenters. The molecule has 0 aromatic carbocycles. The van der Waals surface area contributed by atoms with Crippen molar-refractivity contribution >= 4 is 26.3 Å². The molecule has 2 aromatic rings. The van der Waals surface area contributed by atoms with E-state index in [9.17, 15) is 13.2 Å². The third-order valence-electron chi connectivity index (χ3n) is 4.47. The first-order valence-electron chi connectivity index (χ1n) is 8.40. The molecule has 0 amide bonds. The van der Waals surface area contributed by atoms with Gasteiger partial charge < -0.3 is 0 Å². The minimum atomic E-state index is -3.87. The maximum atomic E-state index is 12.8. The highest BCUT2D eigenvalue weighted by molar-refractivity contribution is 7.89. The van der Waals surface area contributed by atoms with Gasteiger partial charge in [0.25, 0.3) is 5.56 Å². The zero-order valence-electron chi connectivity index (χ0n) is 14.0. The predicted molar refractivity (Wildman–Crippen MR) is 95.2 cm³/mol. The zero-order valence-corrected chi connectivity index (χ0v) is 15.7. The average Bonchev–Trinajstić information content (AvgIpc) is 2.82. The van der Waals surface area contributed by atoms with Crippen molar-refractivity contribution in [2.75, 3.05) is 0 Å². The molecule has 3 rings (SSSR count). The van der Waals surface area contributed by atoms with Gasteiger partial charge in [-0.05, 0) is 26.7 Å². The molecule has 0 unspecified atom stereocenters. The van der Waals surface area contributed by atoms with E-state index in [1.54, 1.807) is 13.1 Å². The molecule has 2 aromatic heterocycles. The highest BCUT2D eigenvalue weighted by atomic mass is 32.2. The fraction of sp³-hybridized carbons (Fsp3) is 0.625. The quantitative estimate of drug-likeness (QED) is 0.902. The molecule has 0 radical (unpaired) electrons. The number of sulfonamides is 1. The van der Waals surface area contributed by atoms with Gasteiger partial charge in [0.15, 0.2) is 9.86 Å². The van der Waals surface area contributed by atoms with E-state index in [2.05, 4.69) is 9.71 Å². The molecule has 0 saturated heterocycles. The Kier molecular flexibility index (Phi) is 5.08. The van der Waals surface area contributed by atoms with Crippen LogP contribution in [0, 0.1) is 13.8 Å². The Morgan fingerprint density at radius 1 is 1.17 bits per heavy atom. The summed E-state index contributed by atoms with van der Waals surface area (Å²) in [5.41, 5.74) is -0.250. The molecule has 0 spiro atoms. The van der Waals surface area contributed by atoms with Gasteiger partial charge >= 0.3 is 0 Å². The van der Waals surface area contributed by atoms with Crippen LogP contribution in [0.2, 0.25) is 0 Å². The molecule has 132 valence electrons. The van der Waals surface area contributed by atoms with Crippen LogP contribution in [0.1, 0.15) is 55.5 Å². The van der Waals surface area contributed by atoms with Crippen molar-refractivity contribution in [2.45, 2.75) is 69.7 Å². The lowest BCUT2D eigenvalue weighted by Crippen LogP contribution is -2.39. The molecule has 6 nitrogen and oxygen atoms in total. The molecular formula is C16H23N3O3S2. The zero-order chi connectivity index (χ0) is 17.3. The average molecular weight is 370 g/mol. The molecular weight excluding hydrogens is 346 g/mol. The molecule has 0 bridgehead atoms. The number of hydrogen-bond acceptors (Lipinski definition) is 5. The Hall–Kier alpha value is -1.25. The predicted octanol–water partition coefficient (Wildman–Crippen LogP) is 2.76. The highest BCUT2D eigenvalue weighted by Crippen LogP contribution is 2.20. The molecule has 1 N–H and O–H groups in total. The van der Waals surface area contributed by atoms with Gasteiger partial charge in [-0.25, -0.2) is 18.1 Å². The van der Waals surface area contributed by atoms with Crippen molar-refractivity contribution < 1.29 is 8.42 Å². The molecule has 1 fully saturated rings. The van der Waals surface area contributed by atoms with Gasteiger partial charge in [0.2, 0.25) is 10.0 Å². The van der Waals surface area contributed by atoms with Crippen LogP contribution in [0.4, 0.5) is 0 Å². The first kappa shape index (κ1) is 17.6. The van der Waals surface area contributed by atoms with E-state index in [0.717, 1.165) is 43.4 Å². The Labute approximate surface area is 146 Å². The second-order valence-corrected chi connectivity index (χ2v) is 9.35. The van der Waals surface area contributed by atoms with Crippen LogP contribution < -0.4 is 10.3 Å². The molecule has 1 aliphatic rings. The smallest absolute Gasteiger partial charge is 0.267 e. The summed E-state index contributed by atoms with van der Waals surface area (Å²) in [6.45, 7) is 3.46. The molecule has 24 heavy (non-hydrogen) atoms. The van der Waals surface area contributed by atoms with E-state index in [-0.39, 0.29) is 16.6 Å². The van der Waals surface area contributed by atoms with E-state index >= 15 is 0 Å². The lowest BCUT2D eigenvalue weighted by Gasteiger charge is -2.21. The maximum absolute atomic E-state index is 12.8. The van der Waals surface area contributed by atoms with Crippen molar-refractivity contribution in [3.8, 4) is 0 Å². The standard InChI is InChI=1S/C16H23N3O3S2/c1-11-10-19-15(20)14(12(2)17-16(19)23-11)24(21,22)18-13-8-6-4-3-5-7-9-13/h10,13,18H,3-9H2,1-2H3. The first-order valence-corrected chi connectivity index (χ1v) is 10.7. The number of rotatable bonds is 3. The van der Waals surface area contributed by atoms with Crippen LogP contribution >= 0.6 is 11.3 Å². The van der Waals surface area contributed by atoms with E-state index in [1.807, 2.05) is 6.92 Å². The van der Waals surface area contributed by atoms with Crippen LogP contribution in [0.25, 0.3) is 4.96 Å². The normalized spacial score (nSPS) is 17.8. The van der Waals surface area contributed by atoms with Crippen LogP contribution in [0.5, 0.6) is 0 Å².